The van der Waals surface area contributed by atoms with Gasteiger partial charge in [-0.25, -0.2) is 0 Å². The Morgan fingerprint density at radius 2 is 1.90 bits per heavy atom. The van der Waals surface area contributed by atoms with Crippen molar-refractivity contribution in [2.45, 2.75) is 70.8 Å². The summed E-state index contributed by atoms with van der Waals surface area (Å²) in [7, 11) is 0. The summed E-state index contributed by atoms with van der Waals surface area (Å²) in [5.74, 6) is 2.00. The average Bonchev–Trinajstić information content (AvgIpc) is 3.06. The van der Waals surface area contributed by atoms with E-state index in [-0.39, 0.29) is 39.7 Å². The lowest BCUT2D eigenvalue weighted by Gasteiger charge is -2.60. The number of rotatable bonds is 2. The van der Waals surface area contributed by atoms with Gasteiger partial charge in [0.2, 0.25) is 5.91 Å². The van der Waals surface area contributed by atoms with Crippen LogP contribution in [-0.4, -0.2) is 22.0 Å². The molecule has 1 saturated heterocycles. The minimum absolute atomic E-state index is 0.0912. The Bertz CT molecular complexity index is 829. The highest BCUT2D eigenvalue weighted by atomic mass is 32.1. The standard InChI is InChI=1S/C24H32N2O2S/c1-23-11-10-17-14(16(23)7-8-18(23)22(28)29)6-9-20-24(17,2)13-15(21(27)26-20)19-5-3-4-12-25-19/h3-5,12,14-18,20H,6-11,13H2,1-2H3,(H,26,27)(H,28,29)/t14?,15?,16?,17?,18-,20+,23+,24-/m1/s1. The third-order valence-corrected chi connectivity index (χ3v) is 9.80. The number of thiol groups is 1. The van der Waals surface area contributed by atoms with Crippen LogP contribution in [0.25, 0.3) is 0 Å². The first kappa shape index (κ1) is 19.6. The van der Waals surface area contributed by atoms with E-state index in [0.29, 0.717) is 17.8 Å². The number of carbonyl (C=O) groups excluding carboxylic acids is 2. The summed E-state index contributed by atoms with van der Waals surface area (Å²) in [5, 5.41) is 3.48. The van der Waals surface area contributed by atoms with E-state index in [9.17, 15) is 9.59 Å². The van der Waals surface area contributed by atoms with Crippen molar-refractivity contribution in [1.29, 1.82) is 0 Å². The third-order valence-electron chi connectivity index (χ3n) is 9.49. The molecular formula is C24H32N2O2S. The van der Waals surface area contributed by atoms with E-state index in [4.69, 9.17) is 0 Å². The van der Waals surface area contributed by atoms with Crippen molar-refractivity contribution in [2.75, 3.05) is 0 Å². The molecule has 4 nitrogen and oxygen atoms in total. The topological polar surface area (TPSA) is 59.1 Å². The predicted molar refractivity (Wildman–Crippen MR) is 115 cm³/mol. The molecule has 1 aromatic heterocycles. The minimum atomic E-state index is -0.153. The van der Waals surface area contributed by atoms with Gasteiger partial charge in [-0.2, -0.15) is 0 Å². The van der Waals surface area contributed by atoms with Crippen LogP contribution < -0.4 is 5.32 Å². The van der Waals surface area contributed by atoms with Crippen molar-refractivity contribution < 1.29 is 9.59 Å². The molecule has 156 valence electrons. The fourth-order valence-electron chi connectivity index (χ4n) is 8.02. The van der Waals surface area contributed by atoms with Gasteiger partial charge in [0.25, 0.3) is 0 Å². The van der Waals surface area contributed by atoms with Crippen molar-refractivity contribution >= 4 is 23.7 Å². The molecule has 4 aliphatic rings. The van der Waals surface area contributed by atoms with Crippen LogP contribution in [0.3, 0.4) is 0 Å². The molecule has 5 rings (SSSR count). The van der Waals surface area contributed by atoms with E-state index in [1.807, 2.05) is 18.2 Å². The molecule has 1 amide bonds. The largest absolute Gasteiger partial charge is 0.352 e. The van der Waals surface area contributed by atoms with E-state index >= 15 is 0 Å². The van der Waals surface area contributed by atoms with Gasteiger partial charge in [0.05, 0.1) is 11.6 Å². The number of amides is 1. The fourth-order valence-corrected chi connectivity index (χ4v) is 8.44. The van der Waals surface area contributed by atoms with Crippen LogP contribution in [0.2, 0.25) is 0 Å². The first-order chi connectivity index (χ1) is 13.8. The molecule has 0 spiro atoms. The molecule has 4 fully saturated rings. The Labute approximate surface area is 179 Å². The first-order valence-electron chi connectivity index (χ1n) is 11.3. The summed E-state index contributed by atoms with van der Waals surface area (Å²) in [6.45, 7) is 4.77. The number of nitrogens with zero attached hydrogens (tertiary/aromatic N) is 1. The number of piperidine rings is 1. The maximum absolute atomic E-state index is 12.9. The first-order valence-corrected chi connectivity index (χ1v) is 11.7. The number of pyridine rings is 1. The molecule has 3 aliphatic carbocycles. The molecule has 0 radical (unpaired) electrons. The van der Waals surface area contributed by atoms with E-state index < -0.39 is 0 Å². The lowest BCUT2D eigenvalue weighted by atomic mass is 9.46. The zero-order valence-electron chi connectivity index (χ0n) is 17.4. The van der Waals surface area contributed by atoms with E-state index in [1.54, 1.807) is 6.20 Å². The second-order valence-corrected chi connectivity index (χ2v) is 11.0. The van der Waals surface area contributed by atoms with Gasteiger partial charge in [-0.3, -0.25) is 14.6 Å². The van der Waals surface area contributed by atoms with Crippen LogP contribution in [0.4, 0.5) is 0 Å². The lowest BCUT2D eigenvalue weighted by molar-refractivity contribution is -0.141. The summed E-state index contributed by atoms with van der Waals surface area (Å²) >= 11 is 4.24. The van der Waals surface area contributed by atoms with Gasteiger partial charge in [0.15, 0.2) is 5.12 Å². The van der Waals surface area contributed by atoms with E-state index in [1.165, 1.54) is 6.42 Å². The summed E-state index contributed by atoms with van der Waals surface area (Å²) in [5.41, 5.74) is 1.11. The fraction of sp³-hybridized carbons (Fsp3) is 0.708. The molecule has 1 aromatic rings. The van der Waals surface area contributed by atoms with Crippen molar-refractivity contribution in [1.82, 2.24) is 10.3 Å². The van der Waals surface area contributed by atoms with Crippen LogP contribution in [0, 0.1) is 34.5 Å². The quantitative estimate of drug-likeness (QED) is 0.709. The number of hydrogen-bond acceptors (Lipinski definition) is 3. The molecule has 29 heavy (non-hydrogen) atoms. The number of aromatic nitrogens is 1. The van der Waals surface area contributed by atoms with Crippen molar-refractivity contribution in [3.63, 3.8) is 0 Å². The maximum Gasteiger partial charge on any atom is 0.229 e. The molecule has 0 aromatic carbocycles. The molecule has 3 saturated carbocycles. The SMILES string of the molecule is C[C@]12CCC3C(CC[C@@H]4NC(=O)C(c5ccccn5)C[C@]34C)C1CC[C@@H]2C(=O)S. The van der Waals surface area contributed by atoms with Crippen LogP contribution >= 0.6 is 12.6 Å². The molecule has 1 aliphatic heterocycles. The van der Waals surface area contributed by atoms with Gasteiger partial charge in [-0.1, -0.05) is 19.9 Å². The van der Waals surface area contributed by atoms with Crippen molar-refractivity contribution in [2.24, 2.45) is 34.5 Å². The Kier molecular flexibility index (Phi) is 4.61. The Hall–Kier alpha value is -1.36. The van der Waals surface area contributed by atoms with Crippen LogP contribution in [-0.2, 0) is 9.59 Å². The van der Waals surface area contributed by atoms with Crippen LogP contribution in [0.15, 0.2) is 24.4 Å². The van der Waals surface area contributed by atoms with Crippen molar-refractivity contribution in [3.8, 4) is 0 Å². The second kappa shape index (κ2) is 6.83. The van der Waals surface area contributed by atoms with E-state index in [2.05, 4.69) is 36.8 Å². The summed E-state index contributed by atoms with van der Waals surface area (Å²) in [6.07, 6.45) is 9.34. The molecular weight excluding hydrogens is 380 g/mol. The molecule has 5 heteroatoms. The zero-order valence-corrected chi connectivity index (χ0v) is 18.3. The third kappa shape index (κ3) is 2.83. The van der Waals surface area contributed by atoms with E-state index in [0.717, 1.165) is 44.2 Å². The Balaban J connectivity index is 1.45. The molecule has 4 unspecified atom stereocenters. The van der Waals surface area contributed by atoms with Gasteiger partial charge >= 0.3 is 0 Å². The smallest absolute Gasteiger partial charge is 0.229 e. The predicted octanol–water partition coefficient (Wildman–Crippen LogP) is 4.37. The number of nitrogens with one attached hydrogen (secondary N) is 1. The van der Waals surface area contributed by atoms with Crippen LogP contribution in [0.1, 0.15) is 70.4 Å². The average molecular weight is 413 g/mol. The summed E-state index contributed by atoms with van der Waals surface area (Å²) in [4.78, 5) is 29.6. The number of carbonyl (C=O) groups is 2. The van der Waals surface area contributed by atoms with Crippen LogP contribution in [0.5, 0.6) is 0 Å². The Morgan fingerprint density at radius 1 is 1.10 bits per heavy atom. The molecule has 0 bridgehead atoms. The number of hydrogen-bond donors (Lipinski definition) is 2. The number of fused-ring (bicyclic) bond motifs is 5. The highest BCUT2D eigenvalue weighted by molar-refractivity contribution is 7.96. The van der Waals surface area contributed by atoms with Gasteiger partial charge in [-0.05, 0) is 85.7 Å². The molecule has 8 atom stereocenters. The van der Waals surface area contributed by atoms with Gasteiger partial charge < -0.3 is 5.32 Å². The molecule has 2 heterocycles. The zero-order chi connectivity index (χ0) is 20.4. The van der Waals surface area contributed by atoms with Gasteiger partial charge in [0.1, 0.15) is 0 Å². The van der Waals surface area contributed by atoms with Gasteiger partial charge in [0, 0.05) is 18.2 Å². The summed E-state index contributed by atoms with van der Waals surface area (Å²) in [6, 6.07) is 6.15. The highest BCUT2D eigenvalue weighted by Gasteiger charge is 2.62. The Morgan fingerprint density at radius 3 is 2.62 bits per heavy atom. The maximum atomic E-state index is 12.9. The van der Waals surface area contributed by atoms with Crippen molar-refractivity contribution in [3.05, 3.63) is 30.1 Å². The second-order valence-electron chi connectivity index (χ2n) is 10.5. The monoisotopic (exact) mass is 412 g/mol. The summed E-state index contributed by atoms with van der Waals surface area (Å²) < 4.78 is 0. The highest BCUT2D eigenvalue weighted by Crippen LogP contribution is 2.66. The molecule has 1 N–H and O–H groups in total. The van der Waals surface area contributed by atoms with Gasteiger partial charge in [-0.15, -0.1) is 12.6 Å². The minimum Gasteiger partial charge on any atom is -0.352 e. The lowest BCUT2D eigenvalue weighted by Crippen LogP contribution is -2.62. The normalized spacial score (nSPS) is 46.2.